The zero-order valence-corrected chi connectivity index (χ0v) is 56.4. The number of ether oxygens (including phenoxy) is 3. The molecule has 0 saturated carbocycles. The van der Waals surface area contributed by atoms with Gasteiger partial charge < -0.3 is 54.6 Å². The van der Waals surface area contributed by atoms with Crippen molar-refractivity contribution in [1.29, 1.82) is 0 Å². The summed E-state index contributed by atoms with van der Waals surface area (Å²) >= 11 is 0. The van der Waals surface area contributed by atoms with Crippen LogP contribution in [-0.2, 0) is 42.6 Å². The Kier molecular flexibility index (Phi) is 24.3. The molecule has 19 nitrogen and oxygen atoms in total. The monoisotopic (exact) mass is 1290 g/mol. The molecule has 20 heteroatoms. The maximum Gasteiger partial charge on any atom is 0.407 e. The number of hydrogen-bond donors (Lipinski definition) is 5. The second kappa shape index (κ2) is 31.8. The Labute approximate surface area is 546 Å². The minimum Gasteiger partial charge on any atom is -0.518 e. The minimum absolute atomic E-state index is 0.0412. The fourth-order valence-corrected chi connectivity index (χ4v) is 12.9. The summed E-state index contributed by atoms with van der Waals surface area (Å²) in [5, 5.41) is 26.3. The van der Waals surface area contributed by atoms with Crippen LogP contribution in [0.2, 0.25) is 19.6 Å². The molecule has 3 aliphatic carbocycles. The first-order chi connectivity index (χ1) is 44.2. The van der Waals surface area contributed by atoms with E-state index >= 15 is 0 Å². The number of nitrogens with one attached hydrogen (secondary N) is 3. The molecule has 6 aromatic carbocycles. The van der Waals surface area contributed by atoms with Gasteiger partial charge in [-0.2, -0.15) is 0 Å². The molecule has 0 aromatic heterocycles. The van der Waals surface area contributed by atoms with Crippen molar-refractivity contribution in [3.8, 4) is 33.4 Å². The molecular weight excluding hydrogens is 1200 g/mol. The van der Waals surface area contributed by atoms with Crippen molar-refractivity contribution in [2.24, 2.45) is 17.8 Å². The zero-order chi connectivity index (χ0) is 68.0. The molecule has 0 spiro atoms. The van der Waals surface area contributed by atoms with Crippen LogP contribution in [0.15, 0.2) is 146 Å². The van der Waals surface area contributed by atoms with E-state index in [9.17, 15) is 43.5 Å². The van der Waals surface area contributed by atoms with E-state index in [1.54, 1.807) is 48.5 Å². The van der Waals surface area contributed by atoms with Crippen molar-refractivity contribution in [2.45, 2.75) is 137 Å². The van der Waals surface area contributed by atoms with Crippen molar-refractivity contribution in [3.63, 3.8) is 0 Å². The number of carbonyl (C=O) groups is 8. The van der Waals surface area contributed by atoms with E-state index in [1.807, 2.05) is 131 Å². The van der Waals surface area contributed by atoms with E-state index in [1.165, 1.54) is 16.7 Å². The molecular formula is C73H89N5O14Si. The van der Waals surface area contributed by atoms with Crippen LogP contribution in [0.1, 0.15) is 120 Å². The number of likely N-dealkylation sites (N-methyl/N-ethyl adjacent to an activating group) is 2. The topological polar surface area (TPSA) is 257 Å². The van der Waals surface area contributed by atoms with Gasteiger partial charge in [0, 0.05) is 30.8 Å². The summed E-state index contributed by atoms with van der Waals surface area (Å²) in [5.74, 6) is -4.21. The molecule has 93 heavy (non-hydrogen) atoms. The van der Waals surface area contributed by atoms with E-state index < -0.39 is 80.6 Å². The number of fused-ring (bicyclic) bond motifs is 9. The van der Waals surface area contributed by atoms with Crippen LogP contribution >= 0.6 is 0 Å². The molecule has 0 radical (unpaired) electrons. The molecule has 0 fully saturated rings. The molecule has 5 amide bonds. The summed E-state index contributed by atoms with van der Waals surface area (Å²) in [6.45, 7) is 24.2. The maximum atomic E-state index is 13.4. The lowest BCUT2D eigenvalue weighted by Crippen LogP contribution is -2.55. The van der Waals surface area contributed by atoms with Crippen LogP contribution in [0.3, 0.4) is 0 Å². The molecule has 5 atom stereocenters. The van der Waals surface area contributed by atoms with Crippen LogP contribution in [0.5, 0.6) is 0 Å². The molecule has 0 bridgehead atoms. The highest BCUT2D eigenvalue weighted by atomic mass is 28.4. The summed E-state index contributed by atoms with van der Waals surface area (Å²) in [6, 6.07) is 44.1. The lowest BCUT2D eigenvalue weighted by atomic mass is 9.98. The lowest BCUT2D eigenvalue weighted by molar-refractivity contribution is -0.150. The molecule has 0 unspecified atom stereocenters. The summed E-state index contributed by atoms with van der Waals surface area (Å²) in [6.07, 6.45) is -2.06. The number of benzene rings is 6. The third-order valence-electron chi connectivity index (χ3n) is 16.9. The van der Waals surface area contributed by atoms with Gasteiger partial charge in [0.05, 0.1) is 0 Å². The number of aliphatic carboxylic acids is 2. The third kappa shape index (κ3) is 17.2. The van der Waals surface area contributed by atoms with E-state index in [4.69, 9.17) is 23.7 Å². The van der Waals surface area contributed by atoms with Gasteiger partial charge >= 0.3 is 36.2 Å². The first-order valence-corrected chi connectivity index (χ1v) is 35.2. The SMILES string of the molecule is CC(C)[C@H](NC(=O)OCC1c2ccccc2-c2ccccc21)C(=O)O.CCN(C(=O)[C@@H](NC(=O)OCC1c2ccccc2-c2ccccc21)C(C)C)[C@@H](C)C(=O)O.CCN(C(=O)[C@@H](NC(=O)OCC1c2ccccc2-c2ccccc21)C(C)C)[C@@H](C)C(=O)O[Si](C)(C)C. The van der Waals surface area contributed by atoms with Crippen LogP contribution < -0.4 is 16.0 Å². The Morgan fingerprint density at radius 1 is 0.398 bits per heavy atom. The van der Waals surface area contributed by atoms with E-state index in [0.29, 0.717) is 6.54 Å². The molecule has 494 valence electrons. The number of carboxylic acids is 2. The highest BCUT2D eigenvalue weighted by molar-refractivity contribution is 6.71. The highest BCUT2D eigenvalue weighted by Gasteiger charge is 2.38. The van der Waals surface area contributed by atoms with Crippen molar-refractivity contribution in [3.05, 3.63) is 179 Å². The van der Waals surface area contributed by atoms with Gasteiger partial charge in [0.15, 0.2) is 0 Å². The fourth-order valence-electron chi connectivity index (χ4n) is 12.1. The van der Waals surface area contributed by atoms with Gasteiger partial charge in [-0.3, -0.25) is 14.4 Å². The van der Waals surface area contributed by atoms with Crippen LogP contribution in [0.25, 0.3) is 33.4 Å². The molecule has 5 N–H and O–H groups in total. The van der Waals surface area contributed by atoms with Crippen LogP contribution in [0, 0.1) is 17.8 Å². The summed E-state index contributed by atoms with van der Waals surface area (Å²) < 4.78 is 22.2. The van der Waals surface area contributed by atoms with E-state index in [2.05, 4.69) is 64.5 Å². The quantitative estimate of drug-likeness (QED) is 0.0313. The zero-order valence-electron chi connectivity index (χ0n) is 55.4. The van der Waals surface area contributed by atoms with Crippen LogP contribution in [-0.4, -0.2) is 139 Å². The number of carbonyl (C=O) groups excluding carboxylic acids is 6. The van der Waals surface area contributed by atoms with Crippen molar-refractivity contribution >= 4 is 56.3 Å². The standard InChI is InChI=1S/C28H38N2O5Si.C25H30N2O5.C20H21NO4/c1-8-30(19(4)27(32)35-36(5,6)7)26(31)25(18(2)3)29-28(33)34-17-24-22-15-11-9-13-20(22)21-14-10-12-16-23(21)24;1-5-27(16(4)24(29)30)23(28)22(15(2)3)26-25(31)32-14-21-19-12-8-6-10-17(19)18-11-7-9-13-20(18)21;1-12(2)18(19(22)23)21-20(24)25-11-17-15-9-5-3-7-13(15)14-8-4-6-10-16(14)17/h9-16,18-19,24-25H,8,17H2,1-7H3,(H,29,33);6-13,15-16,21-22H,5,14H2,1-4H3,(H,26,31)(H,29,30);3-10,12,17-18H,11H2,1-2H3,(H,21,24)(H,22,23)/t19-,25-;16-,22-;18-/m000/s1. The lowest BCUT2D eigenvalue weighted by Gasteiger charge is -2.33. The number of amides is 5. The Morgan fingerprint density at radius 3 is 0.871 bits per heavy atom. The number of rotatable bonds is 22. The van der Waals surface area contributed by atoms with Gasteiger partial charge in [-0.1, -0.05) is 187 Å². The number of hydrogen-bond acceptors (Lipinski definition) is 12. The predicted octanol–water partition coefficient (Wildman–Crippen LogP) is 12.7. The van der Waals surface area contributed by atoms with Gasteiger partial charge in [0.25, 0.3) is 0 Å². The van der Waals surface area contributed by atoms with Crippen molar-refractivity contribution < 1.29 is 67.2 Å². The Morgan fingerprint density at radius 2 is 0.645 bits per heavy atom. The second-order valence-corrected chi connectivity index (χ2v) is 29.8. The average Bonchev–Trinajstić information content (AvgIpc) is 1.64. The largest absolute Gasteiger partial charge is 0.518 e. The Bertz CT molecular complexity index is 3520. The number of nitrogens with zero attached hydrogens (tertiary/aromatic N) is 2. The van der Waals surface area contributed by atoms with Crippen LogP contribution in [0.4, 0.5) is 14.4 Å². The second-order valence-electron chi connectivity index (χ2n) is 25.4. The normalized spacial score (nSPS) is 14.2. The molecule has 3 aliphatic rings. The van der Waals surface area contributed by atoms with E-state index in [0.717, 1.165) is 66.8 Å². The average molecular weight is 1290 g/mol. The molecule has 0 saturated heterocycles. The summed E-state index contributed by atoms with van der Waals surface area (Å²) in [5.41, 5.74) is 13.5. The Balaban J connectivity index is 0.000000201. The smallest absolute Gasteiger partial charge is 0.407 e. The van der Waals surface area contributed by atoms with Gasteiger partial charge in [-0.15, -0.1) is 0 Å². The third-order valence-corrected chi connectivity index (χ3v) is 17.8. The van der Waals surface area contributed by atoms with Gasteiger partial charge in [0.1, 0.15) is 50.0 Å². The summed E-state index contributed by atoms with van der Waals surface area (Å²) in [4.78, 5) is 102. The van der Waals surface area contributed by atoms with E-state index in [-0.39, 0.29) is 67.8 Å². The predicted molar refractivity (Wildman–Crippen MR) is 359 cm³/mol. The first-order valence-electron chi connectivity index (χ1n) is 31.8. The molecule has 6 aromatic rings. The fraction of sp³-hybridized carbons (Fsp3) is 0.397. The summed E-state index contributed by atoms with van der Waals surface area (Å²) in [7, 11) is -2.10. The van der Waals surface area contributed by atoms with Gasteiger partial charge in [-0.05, 0) is 132 Å². The van der Waals surface area contributed by atoms with Gasteiger partial charge in [0.2, 0.25) is 20.1 Å². The number of alkyl carbamates (subject to hydrolysis) is 3. The maximum absolute atomic E-state index is 13.4. The molecule has 9 rings (SSSR count). The van der Waals surface area contributed by atoms with Crippen molar-refractivity contribution in [2.75, 3.05) is 32.9 Å². The van der Waals surface area contributed by atoms with Crippen molar-refractivity contribution in [1.82, 2.24) is 25.8 Å². The van der Waals surface area contributed by atoms with Gasteiger partial charge in [-0.25, -0.2) is 24.0 Å². The number of carboxylic acid groups (broad SMARTS) is 2. The minimum atomic E-state index is -2.10. The molecule has 0 heterocycles. The molecule has 0 aliphatic heterocycles. The first kappa shape index (κ1) is 71.1. The highest BCUT2D eigenvalue weighted by Crippen LogP contribution is 2.47. The Hall–Kier alpha value is -9.30.